The summed E-state index contributed by atoms with van der Waals surface area (Å²) in [6.45, 7) is 1.77. The number of halogens is 1. The lowest BCUT2D eigenvalue weighted by Crippen LogP contribution is -2.21. The van der Waals surface area contributed by atoms with E-state index in [0.29, 0.717) is 0 Å². The quantitative estimate of drug-likeness (QED) is 0.857. The number of pyridine rings is 1. The average Bonchev–Trinajstić information content (AvgIpc) is 2.93. The smallest absolute Gasteiger partial charge is 0.128 e. The van der Waals surface area contributed by atoms with Gasteiger partial charge in [0.15, 0.2) is 0 Å². The Labute approximate surface area is 127 Å². The van der Waals surface area contributed by atoms with E-state index in [9.17, 15) is 0 Å². The molecule has 0 amide bonds. The van der Waals surface area contributed by atoms with Crippen molar-refractivity contribution in [2.75, 3.05) is 25.1 Å². The number of benzene rings is 1. The van der Waals surface area contributed by atoms with Gasteiger partial charge in [0, 0.05) is 30.7 Å². The number of anilines is 1. The van der Waals surface area contributed by atoms with Gasteiger partial charge in [0.25, 0.3) is 0 Å². The third-order valence-corrected chi connectivity index (χ3v) is 4.06. The maximum Gasteiger partial charge on any atom is 0.128 e. The lowest BCUT2D eigenvalue weighted by atomic mass is 10.1. The van der Waals surface area contributed by atoms with Crippen LogP contribution in [0, 0.1) is 0 Å². The van der Waals surface area contributed by atoms with Gasteiger partial charge in [-0.3, -0.25) is 0 Å². The molecule has 3 nitrogen and oxygen atoms in total. The van der Waals surface area contributed by atoms with Crippen molar-refractivity contribution >= 4 is 21.7 Å². The number of hydrogen-bond acceptors (Lipinski definition) is 3. The van der Waals surface area contributed by atoms with Gasteiger partial charge in [-0.15, -0.1) is 0 Å². The summed E-state index contributed by atoms with van der Waals surface area (Å²) >= 11 is 3.41. The number of rotatable bonds is 4. The summed E-state index contributed by atoms with van der Waals surface area (Å²) in [5.41, 5.74) is 2.70. The van der Waals surface area contributed by atoms with Gasteiger partial charge in [-0.25, -0.2) is 4.98 Å². The molecule has 1 aromatic heterocycles. The van der Waals surface area contributed by atoms with Gasteiger partial charge in [-0.05, 0) is 51.7 Å². The number of aromatic nitrogens is 1. The molecule has 2 aromatic rings. The molecule has 0 radical (unpaired) electrons. The van der Waals surface area contributed by atoms with Crippen molar-refractivity contribution in [1.29, 1.82) is 0 Å². The van der Waals surface area contributed by atoms with Gasteiger partial charge in [0.1, 0.15) is 11.6 Å². The first-order valence-corrected chi connectivity index (χ1v) is 7.59. The minimum atomic E-state index is 0.821. The van der Waals surface area contributed by atoms with E-state index in [1.54, 1.807) is 0 Å². The van der Waals surface area contributed by atoms with Crippen molar-refractivity contribution in [2.45, 2.75) is 12.8 Å². The molecular formula is C16H17BrN2O. The summed E-state index contributed by atoms with van der Waals surface area (Å²) in [5.74, 6) is 2.05. The van der Waals surface area contributed by atoms with Crippen molar-refractivity contribution in [2.24, 2.45) is 0 Å². The Morgan fingerprint density at radius 3 is 3.00 bits per heavy atom. The second-order valence-corrected chi connectivity index (χ2v) is 5.96. The summed E-state index contributed by atoms with van der Waals surface area (Å²) < 4.78 is 6.54. The summed E-state index contributed by atoms with van der Waals surface area (Å²) in [6.07, 6.45) is 3.88. The molecule has 0 bridgehead atoms. The number of fused-ring (bicyclic) bond motifs is 1. The van der Waals surface area contributed by atoms with Crippen LogP contribution in [-0.2, 0) is 12.8 Å². The van der Waals surface area contributed by atoms with Gasteiger partial charge in [0.05, 0.1) is 6.61 Å². The highest BCUT2D eigenvalue weighted by atomic mass is 79.9. The molecule has 0 saturated carbocycles. The molecule has 2 heterocycles. The van der Waals surface area contributed by atoms with Crippen molar-refractivity contribution < 1.29 is 4.74 Å². The van der Waals surface area contributed by atoms with Crippen LogP contribution in [0.1, 0.15) is 11.1 Å². The fourth-order valence-electron chi connectivity index (χ4n) is 2.40. The second kappa shape index (κ2) is 5.83. The van der Waals surface area contributed by atoms with Gasteiger partial charge in [-0.2, -0.15) is 0 Å². The monoisotopic (exact) mass is 332 g/mol. The van der Waals surface area contributed by atoms with Gasteiger partial charge in [0.2, 0.25) is 0 Å². The van der Waals surface area contributed by atoms with E-state index in [4.69, 9.17) is 4.74 Å². The van der Waals surface area contributed by atoms with E-state index in [1.807, 2.05) is 18.3 Å². The van der Waals surface area contributed by atoms with Crippen LogP contribution < -0.4 is 9.64 Å². The molecule has 0 unspecified atom stereocenters. The molecule has 1 aliphatic heterocycles. The van der Waals surface area contributed by atoms with Gasteiger partial charge < -0.3 is 9.64 Å². The van der Waals surface area contributed by atoms with E-state index in [2.05, 4.69) is 51.1 Å². The lowest BCUT2D eigenvalue weighted by Gasteiger charge is -2.18. The zero-order valence-electron chi connectivity index (χ0n) is 11.5. The zero-order chi connectivity index (χ0) is 13.9. The Hall–Kier alpha value is -1.55. The van der Waals surface area contributed by atoms with Crippen LogP contribution in [0.25, 0.3) is 0 Å². The Bertz CT molecular complexity index is 598. The van der Waals surface area contributed by atoms with Crippen molar-refractivity contribution in [3.63, 3.8) is 0 Å². The molecule has 0 aliphatic carbocycles. The minimum absolute atomic E-state index is 0.821. The number of ether oxygens (including phenoxy) is 1. The van der Waals surface area contributed by atoms with E-state index >= 15 is 0 Å². The molecule has 0 fully saturated rings. The maximum atomic E-state index is 5.53. The molecule has 0 saturated heterocycles. The fraction of sp³-hybridized carbons (Fsp3) is 0.312. The maximum absolute atomic E-state index is 5.53. The lowest BCUT2D eigenvalue weighted by molar-refractivity contribution is 0.357. The Morgan fingerprint density at radius 2 is 2.20 bits per heavy atom. The third-order valence-electron chi connectivity index (χ3n) is 3.59. The highest BCUT2D eigenvalue weighted by Gasteiger charge is 2.12. The summed E-state index contributed by atoms with van der Waals surface area (Å²) in [6, 6.07) is 10.6. The molecule has 4 heteroatoms. The predicted molar refractivity (Wildman–Crippen MR) is 84.6 cm³/mol. The molecule has 3 rings (SSSR count). The van der Waals surface area contributed by atoms with E-state index in [1.165, 1.54) is 11.1 Å². The van der Waals surface area contributed by atoms with Crippen LogP contribution in [0.3, 0.4) is 0 Å². The van der Waals surface area contributed by atoms with Gasteiger partial charge >= 0.3 is 0 Å². The molecule has 0 spiro atoms. The molecular weight excluding hydrogens is 316 g/mol. The number of nitrogens with zero attached hydrogens (tertiary/aromatic N) is 2. The topological polar surface area (TPSA) is 25.4 Å². The standard InChI is InChI=1S/C16H17BrN2O/c1-19(16-5-3-14(17)11-18-16)8-6-12-2-4-15-13(10-12)7-9-20-15/h2-5,10-11H,6-9H2,1H3. The van der Waals surface area contributed by atoms with Crippen molar-refractivity contribution in [1.82, 2.24) is 4.98 Å². The highest BCUT2D eigenvalue weighted by Crippen LogP contribution is 2.26. The molecule has 104 valence electrons. The number of hydrogen-bond donors (Lipinski definition) is 0. The van der Waals surface area contributed by atoms with Crippen LogP contribution >= 0.6 is 15.9 Å². The van der Waals surface area contributed by atoms with Crippen LogP contribution in [0.15, 0.2) is 41.0 Å². The molecule has 1 aliphatic rings. The first-order chi connectivity index (χ1) is 9.72. The first kappa shape index (κ1) is 13.4. The average molecular weight is 333 g/mol. The van der Waals surface area contributed by atoms with E-state index in [-0.39, 0.29) is 0 Å². The first-order valence-electron chi connectivity index (χ1n) is 6.80. The molecule has 20 heavy (non-hydrogen) atoms. The Morgan fingerprint density at radius 1 is 1.30 bits per heavy atom. The van der Waals surface area contributed by atoms with Crippen molar-refractivity contribution in [3.8, 4) is 5.75 Å². The fourth-order valence-corrected chi connectivity index (χ4v) is 2.64. The van der Waals surface area contributed by atoms with Crippen LogP contribution in [0.2, 0.25) is 0 Å². The summed E-state index contributed by atoms with van der Waals surface area (Å²) in [5, 5.41) is 0. The SMILES string of the molecule is CN(CCc1ccc2c(c1)CCO2)c1ccc(Br)cn1. The van der Waals surface area contributed by atoms with Crippen molar-refractivity contribution in [3.05, 3.63) is 52.1 Å². The molecule has 0 N–H and O–H groups in total. The second-order valence-electron chi connectivity index (χ2n) is 5.05. The van der Waals surface area contributed by atoms with Gasteiger partial charge in [-0.1, -0.05) is 12.1 Å². The predicted octanol–water partition coefficient (Wildman–Crippen LogP) is 3.46. The molecule has 1 aromatic carbocycles. The summed E-state index contributed by atoms with van der Waals surface area (Å²) in [7, 11) is 2.08. The largest absolute Gasteiger partial charge is 0.493 e. The normalized spacial score (nSPS) is 12.9. The van der Waals surface area contributed by atoms with Crippen LogP contribution in [0.4, 0.5) is 5.82 Å². The number of likely N-dealkylation sites (N-methyl/N-ethyl adjacent to an activating group) is 1. The summed E-state index contributed by atoms with van der Waals surface area (Å²) in [4.78, 5) is 6.58. The molecule has 0 atom stereocenters. The van der Waals surface area contributed by atoms with Crippen LogP contribution in [-0.4, -0.2) is 25.2 Å². The zero-order valence-corrected chi connectivity index (χ0v) is 13.1. The van der Waals surface area contributed by atoms with Crippen LogP contribution in [0.5, 0.6) is 5.75 Å². The van der Waals surface area contributed by atoms with E-state index in [0.717, 1.165) is 42.0 Å². The Balaban J connectivity index is 1.63. The Kier molecular flexibility index (Phi) is 3.92. The minimum Gasteiger partial charge on any atom is -0.493 e. The van der Waals surface area contributed by atoms with E-state index < -0.39 is 0 Å². The highest BCUT2D eigenvalue weighted by molar-refractivity contribution is 9.10. The third kappa shape index (κ3) is 2.96.